The van der Waals surface area contributed by atoms with E-state index in [1.165, 1.54) is 10.2 Å². The molecule has 0 aliphatic heterocycles. The maximum atomic E-state index is 12.9. The molecule has 27 heavy (non-hydrogen) atoms. The Hall–Kier alpha value is -2.96. The number of hydrogen-bond acceptors (Lipinski definition) is 4. The van der Waals surface area contributed by atoms with E-state index in [0.29, 0.717) is 16.8 Å². The van der Waals surface area contributed by atoms with Crippen LogP contribution in [0.4, 0.5) is 0 Å². The zero-order valence-electron chi connectivity index (χ0n) is 15.8. The summed E-state index contributed by atoms with van der Waals surface area (Å²) in [5.74, 6) is 0.113. The van der Waals surface area contributed by atoms with Crippen molar-refractivity contribution in [1.82, 2.24) is 24.9 Å². The number of amides is 1. The van der Waals surface area contributed by atoms with Crippen molar-refractivity contribution in [3.8, 4) is 0 Å². The van der Waals surface area contributed by atoms with Crippen LogP contribution in [0.15, 0.2) is 35.3 Å². The van der Waals surface area contributed by atoms with Crippen LogP contribution in [0, 0.1) is 6.92 Å². The Morgan fingerprint density at radius 2 is 2.00 bits per heavy atom. The van der Waals surface area contributed by atoms with Gasteiger partial charge in [0.15, 0.2) is 0 Å². The highest BCUT2D eigenvalue weighted by atomic mass is 16.2. The van der Waals surface area contributed by atoms with Gasteiger partial charge in [0.1, 0.15) is 6.54 Å². The van der Waals surface area contributed by atoms with Crippen LogP contribution < -0.4 is 10.9 Å². The summed E-state index contributed by atoms with van der Waals surface area (Å²) in [6.45, 7) is 3.84. The summed E-state index contributed by atoms with van der Waals surface area (Å²) in [4.78, 5) is 25.3. The number of hydrogen-bond donors (Lipinski definition) is 1. The summed E-state index contributed by atoms with van der Waals surface area (Å²) in [7, 11) is 1.82. The molecule has 2 heterocycles. The van der Waals surface area contributed by atoms with Gasteiger partial charge in [-0.25, -0.2) is 4.68 Å². The van der Waals surface area contributed by atoms with E-state index < -0.39 is 0 Å². The van der Waals surface area contributed by atoms with Crippen LogP contribution in [-0.2, 0) is 18.4 Å². The minimum atomic E-state index is -0.249. The molecule has 1 atom stereocenters. The van der Waals surface area contributed by atoms with Gasteiger partial charge in [-0.05, 0) is 32.3 Å². The number of aromatic nitrogens is 4. The molecule has 1 aliphatic carbocycles. The van der Waals surface area contributed by atoms with Gasteiger partial charge in [-0.15, -0.1) is 0 Å². The van der Waals surface area contributed by atoms with Crippen molar-refractivity contribution in [2.24, 2.45) is 7.05 Å². The van der Waals surface area contributed by atoms with Gasteiger partial charge in [-0.2, -0.15) is 10.2 Å². The average Bonchev–Trinajstić information content (AvgIpc) is 3.42. The SMILES string of the molecule is Cc1ccc(C(C)NC(=O)Cn2ncc3c(c(C4CC4)nn3C)c2=O)cc1. The van der Waals surface area contributed by atoms with Gasteiger partial charge in [0.2, 0.25) is 5.91 Å². The third-order valence-electron chi connectivity index (χ3n) is 5.10. The number of nitrogens with zero attached hydrogens (tertiary/aromatic N) is 4. The molecule has 0 radical (unpaired) electrons. The van der Waals surface area contributed by atoms with E-state index in [-0.39, 0.29) is 24.1 Å². The van der Waals surface area contributed by atoms with Crippen LogP contribution in [-0.4, -0.2) is 25.5 Å². The first-order chi connectivity index (χ1) is 12.9. The Bertz CT molecular complexity index is 1060. The third-order valence-corrected chi connectivity index (χ3v) is 5.10. The first kappa shape index (κ1) is 17.5. The minimum absolute atomic E-state index is 0.107. The highest BCUT2D eigenvalue weighted by Crippen LogP contribution is 2.41. The molecule has 7 nitrogen and oxygen atoms in total. The molecule has 1 amide bonds. The highest BCUT2D eigenvalue weighted by Gasteiger charge is 2.30. The third kappa shape index (κ3) is 3.37. The molecular weight excluding hydrogens is 342 g/mol. The van der Waals surface area contributed by atoms with Crippen molar-refractivity contribution in [2.75, 3.05) is 0 Å². The molecular formula is C20H23N5O2. The van der Waals surface area contributed by atoms with E-state index in [9.17, 15) is 9.59 Å². The summed E-state index contributed by atoms with van der Waals surface area (Å²) in [6.07, 6.45) is 3.73. The second-order valence-electron chi connectivity index (χ2n) is 7.35. The number of fused-ring (bicyclic) bond motifs is 1. The van der Waals surface area contributed by atoms with Gasteiger partial charge in [0.25, 0.3) is 5.56 Å². The fourth-order valence-corrected chi connectivity index (χ4v) is 3.35. The number of benzene rings is 1. The van der Waals surface area contributed by atoms with Gasteiger partial charge >= 0.3 is 0 Å². The van der Waals surface area contributed by atoms with Gasteiger partial charge < -0.3 is 5.32 Å². The topological polar surface area (TPSA) is 81.8 Å². The Kier molecular flexibility index (Phi) is 4.30. The largest absolute Gasteiger partial charge is 0.348 e. The van der Waals surface area contributed by atoms with E-state index >= 15 is 0 Å². The van der Waals surface area contributed by atoms with Crippen LogP contribution >= 0.6 is 0 Å². The number of carbonyl (C=O) groups is 1. The Morgan fingerprint density at radius 3 is 2.67 bits per heavy atom. The molecule has 2 aromatic heterocycles. The zero-order chi connectivity index (χ0) is 19.1. The maximum absolute atomic E-state index is 12.9. The van der Waals surface area contributed by atoms with E-state index in [1.807, 2.05) is 45.2 Å². The standard InChI is InChI=1S/C20H23N5O2/c1-12-4-6-14(7-5-12)13(2)22-17(26)11-25-20(27)18-16(10-21-25)24(3)23-19(18)15-8-9-15/h4-7,10,13,15H,8-9,11H2,1-3H3,(H,22,26). The first-order valence-corrected chi connectivity index (χ1v) is 9.22. The lowest BCUT2D eigenvalue weighted by Gasteiger charge is -2.15. The first-order valence-electron chi connectivity index (χ1n) is 9.22. The fraction of sp³-hybridized carbons (Fsp3) is 0.400. The monoisotopic (exact) mass is 365 g/mol. The van der Waals surface area contributed by atoms with Crippen LogP contribution in [0.1, 0.15) is 48.5 Å². The van der Waals surface area contributed by atoms with Gasteiger partial charge in [0, 0.05) is 13.0 Å². The molecule has 0 bridgehead atoms. The molecule has 4 rings (SSSR count). The van der Waals surface area contributed by atoms with E-state index in [1.54, 1.807) is 10.9 Å². The molecule has 1 aromatic carbocycles. The second-order valence-corrected chi connectivity index (χ2v) is 7.35. The molecule has 0 saturated heterocycles. The number of carbonyl (C=O) groups excluding carboxylic acids is 1. The predicted octanol–water partition coefficient (Wildman–Crippen LogP) is 2.19. The summed E-state index contributed by atoms with van der Waals surface area (Å²) < 4.78 is 2.92. The molecule has 1 saturated carbocycles. The summed E-state index contributed by atoms with van der Waals surface area (Å²) in [5, 5.41) is 12.2. The molecule has 1 unspecified atom stereocenters. The second kappa shape index (κ2) is 6.64. The molecule has 7 heteroatoms. The lowest BCUT2D eigenvalue weighted by Crippen LogP contribution is -2.35. The van der Waals surface area contributed by atoms with Crippen LogP contribution in [0.25, 0.3) is 10.9 Å². The van der Waals surface area contributed by atoms with E-state index in [4.69, 9.17) is 0 Å². The molecule has 0 spiro atoms. The summed E-state index contributed by atoms with van der Waals surface area (Å²) in [6, 6.07) is 7.88. The van der Waals surface area contributed by atoms with Crippen LogP contribution in [0.3, 0.4) is 0 Å². The quantitative estimate of drug-likeness (QED) is 0.751. The Labute approximate surface area is 157 Å². The molecule has 1 aliphatic rings. The van der Waals surface area contributed by atoms with Crippen LogP contribution in [0.2, 0.25) is 0 Å². The number of nitrogens with one attached hydrogen (secondary N) is 1. The minimum Gasteiger partial charge on any atom is -0.348 e. The van der Waals surface area contributed by atoms with Crippen molar-refractivity contribution in [1.29, 1.82) is 0 Å². The average molecular weight is 365 g/mol. The number of aryl methyl sites for hydroxylation is 2. The van der Waals surface area contributed by atoms with Gasteiger partial charge in [0.05, 0.1) is 28.8 Å². The normalized spacial score (nSPS) is 15.1. The summed E-state index contributed by atoms with van der Waals surface area (Å²) >= 11 is 0. The van der Waals surface area contributed by atoms with Crippen molar-refractivity contribution in [2.45, 2.75) is 45.2 Å². The van der Waals surface area contributed by atoms with Crippen molar-refractivity contribution < 1.29 is 4.79 Å². The van der Waals surface area contributed by atoms with Gasteiger partial charge in [-0.1, -0.05) is 29.8 Å². The van der Waals surface area contributed by atoms with E-state index in [2.05, 4.69) is 15.5 Å². The molecule has 3 aromatic rings. The molecule has 1 fully saturated rings. The van der Waals surface area contributed by atoms with Crippen LogP contribution in [0.5, 0.6) is 0 Å². The van der Waals surface area contributed by atoms with Crippen molar-refractivity contribution in [3.05, 3.63) is 57.6 Å². The van der Waals surface area contributed by atoms with Crippen molar-refractivity contribution >= 4 is 16.8 Å². The van der Waals surface area contributed by atoms with Crippen molar-refractivity contribution in [3.63, 3.8) is 0 Å². The zero-order valence-corrected chi connectivity index (χ0v) is 15.8. The maximum Gasteiger partial charge on any atom is 0.278 e. The lowest BCUT2D eigenvalue weighted by atomic mass is 10.1. The van der Waals surface area contributed by atoms with E-state index in [0.717, 1.165) is 24.1 Å². The lowest BCUT2D eigenvalue weighted by molar-refractivity contribution is -0.122. The Balaban J connectivity index is 1.55. The number of rotatable bonds is 5. The van der Waals surface area contributed by atoms with Gasteiger partial charge in [-0.3, -0.25) is 14.3 Å². The predicted molar refractivity (Wildman–Crippen MR) is 102 cm³/mol. The fourth-order valence-electron chi connectivity index (χ4n) is 3.35. The summed E-state index contributed by atoms with van der Waals surface area (Å²) in [5.41, 5.74) is 3.49. The smallest absolute Gasteiger partial charge is 0.278 e. The highest BCUT2D eigenvalue weighted by molar-refractivity contribution is 5.82. The molecule has 140 valence electrons. The Morgan fingerprint density at radius 1 is 1.30 bits per heavy atom. The molecule has 1 N–H and O–H groups in total.